The predicted molar refractivity (Wildman–Crippen MR) is 142 cm³/mol. The Morgan fingerprint density at radius 3 is 2.46 bits per heavy atom. The third-order valence-electron chi connectivity index (χ3n) is 7.23. The summed E-state index contributed by atoms with van der Waals surface area (Å²) >= 11 is 0. The quantitative estimate of drug-likeness (QED) is 0.497. The first kappa shape index (κ1) is 26.7. The summed E-state index contributed by atoms with van der Waals surface area (Å²) in [5.41, 5.74) is 5.06. The number of benzene rings is 2. The molecule has 4 rings (SSSR count). The van der Waals surface area contributed by atoms with Crippen molar-refractivity contribution in [2.75, 3.05) is 40.5 Å². The molecule has 1 saturated heterocycles. The lowest BCUT2D eigenvalue weighted by molar-refractivity contribution is -0.149. The molecule has 0 unspecified atom stereocenters. The fourth-order valence-electron chi connectivity index (χ4n) is 5.14. The van der Waals surface area contributed by atoms with Crippen molar-refractivity contribution in [1.29, 1.82) is 0 Å². The van der Waals surface area contributed by atoms with Crippen LogP contribution < -0.4 is 9.47 Å². The molecule has 0 spiro atoms. The molecule has 2 aromatic carbocycles. The molecule has 2 heterocycles. The molecule has 198 valence electrons. The highest BCUT2D eigenvalue weighted by Gasteiger charge is 2.37. The second kappa shape index (κ2) is 11.8. The number of methoxy groups -OCH3 is 2. The van der Waals surface area contributed by atoms with E-state index < -0.39 is 0 Å². The first-order chi connectivity index (χ1) is 17.8. The molecule has 0 radical (unpaired) electrons. The van der Waals surface area contributed by atoms with Gasteiger partial charge >= 0.3 is 5.97 Å². The molecular weight excluding hydrogens is 470 g/mol. The Kier molecular flexibility index (Phi) is 8.48. The van der Waals surface area contributed by atoms with Crippen LogP contribution in [0, 0.1) is 19.8 Å². The van der Waals surface area contributed by atoms with Gasteiger partial charge in [0.25, 0.3) is 5.91 Å². The van der Waals surface area contributed by atoms with Crippen molar-refractivity contribution in [3.05, 3.63) is 58.7 Å². The van der Waals surface area contributed by atoms with Gasteiger partial charge in [-0.05, 0) is 76.5 Å². The number of hydrogen-bond donors (Lipinski definition) is 0. The van der Waals surface area contributed by atoms with E-state index in [-0.39, 0.29) is 30.4 Å². The molecule has 8 nitrogen and oxygen atoms in total. The Bertz CT molecular complexity index is 1170. The number of ether oxygens (including phenoxy) is 3. The maximum Gasteiger partial charge on any atom is 0.309 e. The molecule has 0 saturated carbocycles. The van der Waals surface area contributed by atoms with Crippen LogP contribution in [-0.4, -0.2) is 68.0 Å². The second-order valence-electron chi connectivity index (χ2n) is 9.73. The summed E-state index contributed by atoms with van der Waals surface area (Å²) in [7, 11) is 3.26. The lowest BCUT2D eigenvalue weighted by Gasteiger charge is -2.32. The van der Waals surface area contributed by atoms with Gasteiger partial charge in [0.05, 0.1) is 45.0 Å². The van der Waals surface area contributed by atoms with Crippen molar-refractivity contribution in [3.8, 4) is 11.5 Å². The van der Waals surface area contributed by atoms with E-state index in [1.165, 1.54) is 0 Å². The zero-order valence-corrected chi connectivity index (χ0v) is 22.5. The summed E-state index contributed by atoms with van der Waals surface area (Å²) < 4.78 is 16.3. The molecule has 0 aromatic heterocycles. The Labute approximate surface area is 219 Å². The van der Waals surface area contributed by atoms with Crippen molar-refractivity contribution >= 4 is 17.6 Å². The van der Waals surface area contributed by atoms with Crippen LogP contribution in [0.5, 0.6) is 11.5 Å². The topological polar surface area (TPSA) is 80.7 Å². The van der Waals surface area contributed by atoms with E-state index >= 15 is 0 Å². The van der Waals surface area contributed by atoms with Crippen LogP contribution >= 0.6 is 0 Å². The van der Waals surface area contributed by atoms with Crippen LogP contribution in [0.2, 0.25) is 0 Å². The van der Waals surface area contributed by atoms with Gasteiger partial charge in [-0.3, -0.25) is 14.5 Å². The average molecular weight is 508 g/mol. The number of amides is 1. The highest BCUT2D eigenvalue weighted by Crippen LogP contribution is 2.40. The SMILES string of the molecule is CCOC(=O)C1CCN(CC(=O)N2N=C(c3cc(C)ccc3C)C[C@H]2c2cc(OC)ccc2OC)CC1. The van der Waals surface area contributed by atoms with Crippen LogP contribution in [0.15, 0.2) is 41.5 Å². The molecule has 2 aliphatic rings. The normalized spacial score (nSPS) is 18.5. The van der Waals surface area contributed by atoms with Gasteiger partial charge in [-0.25, -0.2) is 5.01 Å². The van der Waals surface area contributed by atoms with Crippen LogP contribution in [0.3, 0.4) is 0 Å². The number of hydrogen-bond acceptors (Lipinski definition) is 7. The first-order valence-corrected chi connectivity index (χ1v) is 12.9. The monoisotopic (exact) mass is 507 g/mol. The van der Waals surface area contributed by atoms with Gasteiger partial charge in [-0.2, -0.15) is 5.10 Å². The number of rotatable bonds is 8. The first-order valence-electron chi connectivity index (χ1n) is 12.9. The minimum Gasteiger partial charge on any atom is -0.497 e. The van der Waals surface area contributed by atoms with Gasteiger partial charge in [0.2, 0.25) is 0 Å². The number of aryl methyl sites for hydroxylation is 2. The van der Waals surface area contributed by atoms with Crippen LogP contribution in [0.25, 0.3) is 0 Å². The predicted octanol–water partition coefficient (Wildman–Crippen LogP) is 4.27. The fourth-order valence-corrected chi connectivity index (χ4v) is 5.14. The van der Waals surface area contributed by atoms with Crippen LogP contribution in [-0.2, 0) is 14.3 Å². The molecule has 2 aliphatic heterocycles. The molecule has 2 aromatic rings. The third kappa shape index (κ3) is 5.96. The van der Waals surface area contributed by atoms with Crippen molar-refractivity contribution < 1.29 is 23.8 Å². The second-order valence-corrected chi connectivity index (χ2v) is 9.73. The number of piperidine rings is 1. The molecule has 0 bridgehead atoms. The van der Waals surface area contributed by atoms with E-state index in [0.717, 1.165) is 28.0 Å². The largest absolute Gasteiger partial charge is 0.497 e. The summed E-state index contributed by atoms with van der Waals surface area (Å²) in [4.78, 5) is 27.9. The van der Waals surface area contributed by atoms with Gasteiger partial charge in [0.15, 0.2) is 0 Å². The van der Waals surface area contributed by atoms with E-state index in [4.69, 9.17) is 19.3 Å². The third-order valence-corrected chi connectivity index (χ3v) is 7.23. The molecule has 1 atom stereocenters. The van der Waals surface area contributed by atoms with Crippen molar-refractivity contribution in [3.63, 3.8) is 0 Å². The molecule has 1 amide bonds. The highest BCUT2D eigenvalue weighted by atomic mass is 16.5. The Morgan fingerprint density at radius 2 is 1.78 bits per heavy atom. The average Bonchev–Trinajstić information content (AvgIpc) is 3.35. The van der Waals surface area contributed by atoms with Crippen molar-refractivity contribution in [1.82, 2.24) is 9.91 Å². The fraction of sp³-hybridized carbons (Fsp3) is 0.483. The van der Waals surface area contributed by atoms with E-state index in [1.807, 2.05) is 25.1 Å². The number of carbonyl (C=O) groups excluding carboxylic acids is 2. The van der Waals surface area contributed by atoms with Gasteiger partial charge in [-0.15, -0.1) is 0 Å². The Morgan fingerprint density at radius 1 is 1.03 bits per heavy atom. The number of nitrogens with zero attached hydrogens (tertiary/aromatic N) is 3. The molecule has 1 fully saturated rings. The molecular formula is C29H37N3O5. The Hall–Kier alpha value is -3.39. The van der Waals surface area contributed by atoms with E-state index in [9.17, 15) is 9.59 Å². The standard InChI is InChI=1S/C29H37N3O5/c1-6-37-29(34)21-11-13-31(14-12-21)18-28(33)32-26(24-16-22(35-4)9-10-27(24)36-5)17-25(30-32)23-15-19(2)7-8-20(23)3/h7-10,15-16,21,26H,6,11-14,17-18H2,1-5H3/t26-/m0/s1. The van der Waals surface area contributed by atoms with E-state index in [0.29, 0.717) is 50.5 Å². The van der Waals surface area contributed by atoms with Gasteiger partial charge < -0.3 is 14.2 Å². The maximum atomic E-state index is 13.7. The number of carbonyl (C=O) groups is 2. The van der Waals surface area contributed by atoms with Crippen LogP contribution in [0.4, 0.5) is 0 Å². The zero-order chi connectivity index (χ0) is 26.5. The molecule has 0 aliphatic carbocycles. The minimum atomic E-state index is -0.315. The minimum absolute atomic E-state index is 0.0789. The van der Waals surface area contributed by atoms with E-state index in [1.54, 1.807) is 19.2 Å². The highest BCUT2D eigenvalue weighted by molar-refractivity contribution is 6.04. The van der Waals surface area contributed by atoms with E-state index in [2.05, 4.69) is 36.9 Å². The number of likely N-dealkylation sites (tertiary alicyclic amines) is 1. The molecule has 0 N–H and O–H groups in total. The summed E-state index contributed by atoms with van der Waals surface area (Å²) in [5.74, 6) is 1.08. The lowest BCUT2D eigenvalue weighted by atomic mass is 9.94. The maximum absolute atomic E-state index is 13.7. The van der Waals surface area contributed by atoms with Gasteiger partial charge in [-0.1, -0.05) is 17.7 Å². The van der Waals surface area contributed by atoms with Crippen molar-refractivity contribution in [2.24, 2.45) is 11.0 Å². The molecule has 8 heteroatoms. The number of hydrazone groups is 1. The number of esters is 1. The Balaban J connectivity index is 1.59. The zero-order valence-electron chi connectivity index (χ0n) is 22.5. The van der Waals surface area contributed by atoms with Gasteiger partial charge in [0, 0.05) is 17.5 Å². The summed E-state index contributed by atoms with van der Waals surface area (Å²) in [6.07, 6.45) is 1.96. The smallest absolute Gasteiger partial charge is 0.309 e. The summed E-state index contributed by atoms with van der Waals surface area (Å²) in [6.45, 7) is 7.92. The van der Waals surface area contributed by atoms with Crippen molar-refractivity contribution in [2.45, 2.75) is 46.1 Å². The molecule has 37 heavy (non-hydrogen) atoms. The summed E-state index contributed by atoms with van der Waals surface area (Å²) in [6, 6.07) is 11.6. The van der Waals surface area contributed by atoms with Crippen LogP contribution in [0.1, 0.15) is 54.5 Å². The van der Waals surface area contributed by atoms with Gasteiger partial charge in [0.1, 0.15) is 11.5 Å². The summed E-state index contributed by atoms with van der Waals surface area (Å²) in [5, 5.41) is 6.50. The lowest BCUT2D eigenvalue weighted by Crippen LogP contribution is -2.43.